The van der Waals surface area contributed by atoms with Gasteiger partial charge in [0.25, 0.3) is 0 Å². The Bertz CT molecular complexity index is 209. The van der Waals surface area contributed by atoms with Crippen molar-refractivity contribution in [2.75, 3.05) is 14.1 Å². The number of likely N-dealkylation sites (N-methyl/N-ethyl adjacent to an activating group) is 1. The first-order chi connectivity index (χ1) is 5.60. The van der Waals surface area contributed by atoms with E-state index in [-0.39, 0.29) is 6.10 Å². The summed E-state index contributed by atoms with van der Waals surface area (Å²) in [5, 5.41) is 9.60. The molecular weight excluding hydrogens is 154 g/mol. The van der Waals surface area contributed by atoms with Crippen LogP contribution in [0, 0.1) is 0 Å². The molecule has 3 heteroatoms. The molecule has 0 saturated carbocycles. The van der Waals surface area contributed by atoms with E-state index in [0.29, 0.717) is 24.3 Å². The highest BCUT2D eigenvalue weighted by Gasteiger charge is 2.70. The second-order valence-corrected chi connectivity index (χ2v) is 4.95. The molecule has 0 aromatic carbocycles. The van der Waals surface area contributed by atoms with E-state index >= 15 is 0 Å². The van der Waals surface area contributed by atoms with E-state index in [2.05, 4.69) is 14.1 Å². The molecule has 12 heavy (non-hydrogen) atoms. The average Bonchev–Trinajstić information content (AvgIpc) is 2.66. The molecule has 2 bridgehead atoms. The monoisotopic (exact) mass is 170 g/mol. The molecule has 0 aromatic heterocycles. The Morgan fingerprint density at radius 1 is 1.17 bits per heavy atom. The Kier molecular flexibility index (Phi) is 1.13. The number of aliphatic hydroxyl groups excluding tert-OH is 1. The molecule has 1 N–H and O–H groups in total. The molecule has 3 saturated heterocycles. The van der Waals surface area contributed by atoms with Crippen LogP contribution in [0.15, 0.2) is 0 Å². The summed E-state index contributed by atoms with van der Waals surface area (Å²) >= 11 is 0. The minimum atomic E-state index is -0.0671. The molecule has 0 aromatic rings. The van der Waals surface area contributed by atoms with Crippen LogP contribution in [0.5, 0.6) is 0 Å². The van der Waals surface area contributed by atoms with Gasteiger partial charge >= 0.3 is 0 Å². The Morgan fingerprint density at radius 2 is 1.67 bits per heavy atom. The Balaban J connectivity index is 1.96. The zero-order valence-electron chi connectivity index (χ0n) is 7.60. The Hall–Kier alpha value is -0.120. The van der Waals surface area contributed by atoms with Crippen LogP contribution in [-0.2, 0) is 4.74 Å². The average molecular weight is 170 g/mol. The Labute approximate surface area is 72.5 Å². The SMILES string of the molecule is C[N+]1(C)[C@@H]2CC(O)C[C@H]1[C@@H]1O[C@@H]12. The zero-order valence-corrected chi connectivity index (χ0v) is 7.60. The summed E-state index contributed by atoms with van der Waals surface area (Å²) in [6.07, 6.45) is 2.75. The summed E-state index contributed by atoms with van der Waals surface area (Å²) in [5.74, 6) is 0. The maximum Gasteiger partial charge on any atom is 0.142 e. The van der Waals surface area contributed by atoms with Crippen molar-refractivity contribution < 1.29 is 14.3 Å². The first-order valence-corrected chi connectivity index (χ1v) is 4.77. The van der Waals surface area contributed by atoms with E-state index in [1.165, 1.54) is 0 Å². The van der Waals surface area contributed by atoms with Crippen molar-refractivity contribution in [3.63, 3.8) is 0 Å². The lowest BCUT2D eigenvalue weighted by molar-refractivity contribution is -0.938. The Morgan fingerprint density at radius 3 is 2.17 bits per heavy atom. The van der Waals surface area contributed by atoms with Gasteiger partial charge in [0.15, 0.2) is 0 Å². The summed E-state index contributed by atoms with van der Waals surface area (Å²) in [4.78, 5) is 0. The fraction of sp³-hybridized carbons (Fsp3) is 1.00. The number of morpholine rings is 1. The fourth-order valence-corrected chi connectivity index (χ4v) is 3.22. The summed E-state index contributed by atoms with van der Waals surface area (Å²) in [5.41, 5.74) is 0. The predicted octanol–water partition coefficient (Wildman–Crippen LogP) is -0.264. The normalized spacial score (nSPS) is 59.8. The van der Waals surface area contributed by atoms with Crippen molar-refractivity contribution in [2.24, 2.45) is 0 Å². The largest absolute Gasteiger partial charge is 0.393 e. The van der Waals surface area contributed by atoms with Crippen molar-refractivity contribution in [3.05, 3.63) is 0 Å². The van der Waals surface area contributed by atoms with Gasteiger partial charge in [-0.05, 0) is 0 Å². The first kappa shape index (κ1) is 7.30. The molecule has 5 atom stereocenters. The van der Waals surface area contributed by atoms with Gasteiger partial charge in [0.2, 0.25) is 0 Å². The number of piperidine rings is 1. The molecule has 3 heterocycles. The van der Waals surface area contributed by atoms with Crippen molar-refractivity contribution in [3.8, 4) is 0 Å². The lowest BCUT2D eigenvalue weighted by Gasteiger charge is -2.44. The van der Waals surface area contributed by atoms with Gasteiger partial charge in [-0.3, -0.25) is 0 Å². The van der Waals surface area contributed by atoms with Gasteiger partial charge in [-0.2, -0.15) is 0 Å². The van der Waals surface area contributed by atoms with Crippen LogP contribution >= 0.6 is 0 Å². The first-order valence-electron chi connectivity index (χ1n) is 4.77. The van der Waals surface area contributed by atoms with Crippen molar-refractivity contribution in [2.45, 2.75) is 43.2 Å². The number of aliphatic hydroxyl groups is 1. The van der Waals surface area contributed by atoms with Gasteiger partial charge in [0, 0.05) is 12.8 Å². The molecular formula is C9H16NO2+. The molecule has 3 fully saturated rings. The maximum atomic E-state index is 9.60. The third-order valence-electron chi connectivity index (χ3n) is 4.06. The quantitative estimate of drug-likeness (QED) is 0.401. The summed E-state index contributed by atoms with van der Waals surface area (Å²) in [6, 6.07) is 1.12. The van der Waals surface area contributed by atoms with Gasteiger partial charge in [-0.1, -0.05) is 0 Å². The van der Waals surface area contributed by atoms with E-state index in [1.54, 1.807) is 0 Å². The van der Waals surface area contributed by atoms with E-state index in [9.17, 15) is 5.11 Å². The van der Waals surface area contributed by atoms with Gasteiger partial charge in [0.05, 0.1) is 20.2 Å². The second kappa shape index (κ2) is 1.86. The highest BCUT2D eigenvalue weighted by Crippen LogP contribution is 2.50. The molecule has 0 aliphatic carbocycles. The van der Waals surface area contributed by atoms with E-state index < -0.39 is 0 Å². The molecule has 3 aliphatic heterocycles. The van der Waals surface area contributed by atoms with Crippen LogP contribution in [0.2, 0.25) is 0 Å². The van der Waals surface area contributed by atoms with Crippen molar-refractivity contribution in [1.82, 2.24) is 0 Å². The number of nitrogens with zero attached hydrogens (tertiary/aromatic N) is 1. The highest BCUT2D eigenvalue weighted by molar-refractivity contribution is 5.07. The number of hydrogen-bond acceptors (Lipinski definition) is 2. The minimum Gasteiger partial charge on any atom is -0.393 e. The molecule has 3 nitrogen and oxygen atoms in total. The van der Waals surface area contributed by atoms with Crippen LogP contribution in [0.25, 0.3) is 0 Å². The van der Waals surface area contributed by atoms with Crippen LogP contribution in [0.4, 0.5) is 0 Å². The second-order valence-electron chi connectivity index (χ2n) is 4.95. The van der Waals surface area contributed by atoms with Crippen LogP contribution in [-0.4, -0.2) is 54.1 Å². The predicted molar refractivity (Wildman–Crippen MR) is 43.6 cm³/mol. The van der Waals surface area contributed by atoms with Gasteiger partial charge < -0.3 is 14.3 Å². The molecule has 0 amide bonds. The van der Waals surface area contributed by atoms with E-state index in [1.807, 2.05) is 0 Å². The molecule has 0 radical (unpaired) electrons. The standard InChI is InChI=1S/C9H16NO2/c1-10(2)6-3-5(11)4-7(10)9-8(6)12-9/h5-9,11H,3-4H2,1-2H3/q+1/t5?,6-,7+,8-,9+. The zero-order chi connectivity index (χ0) is 8.51. The highest BCUT2D eigenvalue weighted by atomic mass is 16.6. The molecule has 3 rings (SSSR count). The summed E-state index contributed by atoms with van der Waals surface area (Å²) < 4.78 is 6.65. The third kappa shape index (κ3) is 0.679. The number of ether oxygens (including phenoxy) is 1. The smallest absolute Gasteiger partial charge is 0.142 e. The number of epoxide rings is 1. The van der Waals surface area contributed by atoms with Gasteiger partial charge in [-0.15, -0.1) is 0 Å². The number of quaternary nitrogens is 1. The summed E-state index contributed by atoms with van der Waals surface area (Å²) in [6.45, 7) is 0. The van der Waals surface area contributed by atoms with E-state index in [0.717, 1.165) is 17.3 Å². The van der Waals surface area contributed by atoms with Crippen LogP contribution < -0.4 is 0 Å². The topological polar surface area (TPSA) is 32.8 Å². The third-order valence-corrected chi connectivity index (χ3v) is 4.06. The lowest BCUT2D eigenvalue weighted by atomic mass is 9.97. The summed E-state index contributed by atoms with van der Waals surface area (Å²) in [7, 11) is 4.55. The van der Waals surface area contributed by atoms with Crippen molar-refractivity contribution >= 4 is 0 Å². The molecule has 0 spiro atoms. The van der Waals surface area contributed by atoms with E-state index in [4.69, 9.17) is 4.74 Å². The molecule has 1 unspecified atom stereocenters. The van der Waals surface area contributed by atoms with Crippen LogP contribution in [0.1, 0.15) is 12.8 Å². The molecule has 3 aliphatic rings. The molecule has 68 valence electrons. The fourth-order valence-electron chi connectivity index (χ4n) is 3.22. The van der Waals surface area contributed by atoms with Gasteiger partial charge in [-0.25, -0.2) is 0 Å². The minimum absolute atomic E-state index is 0.0671. The maximum absolute atomic E-state index is 9.60. The number of rotatable bonds is 0. The number of hydrogen-bond donors (Lipinski definition) is 1. The van der Waals surface area contributed by atoms with Crippen LogP contribution in [0.3, 0.4) is 0 Å². The lowest BCUT2D eigenvalue weighted by Crippen LogP contribution is -2.59. The number of fused-ring (bicyclic) bond motifs is 5. The van der Waals surface area contributed by atoms with Gasteiger partial charge in [0.1, 0.15) is 24.3 Å². The van der Waals surface area contributed by atoms with Crippen molar-refractivity contribution in [1.29, 1.82) is 0 Å².